The van der Waals surface area contributed by atoms with Crippen LogP contribution in [0.4, 0.5) is 4.79 Å². The number of Topliss-reactive ketones (excluding diaryl/α,β-unsaturated/α-hetero) is 1. The summed E-state index contributed by atoms with van der Waals surface area (Å²) in [6, 6.07) is 14.1. The highest BCUT2D eigenvalue weighted by molar-refractivity contribution is 6.30. The van der Waals surface area contributed by atoms with Gasteiger partial charge in [0.15, 0.2) is 5.78 Å². The number of urea groups is 1. The van der Waals surface area contributed by atoms with Crippen LogP contribution in [0, 0.1) is 5.92 Å². The molecule has 5 rings (SSSR count). The highest BCUT2D eigenvalue weighted by atomic mass is 35.5. The molecule has 1 fully saturated rings. The third-order valence-electron chi connectivity index (χ3n) is 5.76. The van der Waals surface area contributed by atoms with Crippen LogP contribution in [0.2, 0.25) is 5.02 Å². The van der Waals surface area contributed by atoms with Crippen molar-refractivity contribution in [3.8, 4) is 0 Å². The first-order chi connectivity index (χ1) is 13.5. The van der Waals surface area contributed by atoms with Crippen molar-refractivity contribution in [2.24, 2.45) is 5.92 Å². The van der Waals surface area contributed by atoms with E-state index in [0.29, 0.717) is 21.9 Å². The van der Waals surface area contributed by atoms with E-state index in [9.17, 15) is 14.4 Å². The van der Waals surface area contributed by atoms with Crippen molar-refractivity contribution in [2.75, 3.05) is 7.05 Å². The number of halogens is 1. The van der Waals surface area contributed by atoms with Gasteiger partial charge in [-0.05, 0) is 17.7 Å². The molecular formula is C21H16ClN3O3. The van der Waals surface area contributed by atoms with Gasteiger partial charge < -0.3 is 10.2 Å². The number of hydrogen-bond acceptors (Lipinski definition) is 4. The molecule has 1 saturated heterocycles. The minimum absolute atomic E-state index is 0.0937. The van der Waals surface area contributed by atoms with Crippen LogP contribution in [0.25, 0.3) is 5.70 Å². The van der Waals surface area contributed by atoms with Crippen LogP contribution >= 0.6 is 11.6 Å². The van der Waals surface area contributed by atoms with Gasteiger partial charge in [0.2, 0.25) is 5.91 Å². The van der Waals surface area contributed by atoms with Gasteiger partial charge in [0, 0.05) is 34.7 Å². The van der Waals surface area contributed by atoms with Crippen molar-refractivity contribution in [3.05, 3.63) is 75.8 Å². The van der Waals surface area contributed by atoms with E-state index in [0.717, 1.165) is 11.1 Å². The van der Waals surface area contributed by atoms with E-state index >= 15 is 0 Å². The van der Waals surface area contributed by atoms with Gasteiger partial charge in [0.1, 0.15) is 6.17 Å². The normalized spacial score (nSPS) is 25.7. The number of hydrogen-bond donors (Lipinski definition) is 2. The van der Waals surface area contributed by atoms with E-state index in [1.54, 1.807) is 25.2 Å². The lowest BCUT2D eigenvalue weighted by molar-refractivity contribution is -0.129. The number of amides is 3. The largest absolute Gasteiger partial charge is 0.364 e. The Hall–Kier alpha value is -3.12. The van der Waals surface area contributed by atoms with Gasteiger partial charge in [-0.1, -0.05) is 48.0 Å². The summed E-state index contributed by atoms with van der Waals surface area (Å²) < 4.78 is 0. The summed E-state index contributed by atoms with van der Waals surface area (Å²) in [6.45, 7) is 0. The maximum atomic E-state index is 13.3. The lowest BCUT2D eigenvalue weighted by Gasteiger charge is -2.45. The Morgan fingerprint density at radius 3 is 2.36 bits per heavy atom. The molecule has 2 aromatic rings. The molecule has 140 valence electrons. The van der Waals surface area contributed by atoms with Gasteiger partial charge >= 0.3 is 6.03 Å². The molecule has 7 heteroatoms. The highest BCUT2D eigenvalue weighted by Gasteiger charge is 2.52. The summed E-state index contributed by atoms with van der Waals surface area (Å²) >= 11 is 6.05. The molecule has 0 spiro atoms. The van der Waals surface area contributed by atoms with Crippen LogP contribution in [0.15, 0.2) is 54.1 Å². The zero-order valence-corrected chi connectivity index (χ0v) is 15.7. The summed E-state index contributed by atoms with van der Waals surface area (Å²) in [6.07, 6.45) is -0.556. The molecule has 3 unspecified atom stereocenters. The Bertz CT molecular complexity index is 1080. The molecule has 0 radical (unpaired) electrons. The average molecular weight is 394 g/mol. The van der Waals surface area contributed by atoms with Crippen LogP contribution in [-0.2, 0) is 4.79 Å². The maximum absolute atomic E-state index is 13.3. The summed E-state index contributed by atoms with van der Waals surface area (Å²) in [5, 5.41) is 6.28. The molecule has 3 atom stereocenters. The Morgan fingerprint density at radius 1 is 0.964 bits per heavy atom. The number of benzene rings is 2. The number of rotatable bonds is 1. The number of allylic oxidation sites excluding steroid dienone is 1. The van der Waals surface area contributed by atoms with Gasteiger partial charge in [-0.25, -0.2) is 4.79 Å². The molecular weight excluding hydrogens is 378 g/mol. The summed E-state index contributed by atoms with van der Waals surface area (Å²) in [5.74, 6) is -1.62. The Morgan fingerprint density at radius 2 is 1.64 bits per heavy atom. The van der Waals surface area contributed by atoms with Crippen molar-refractivity contribution >= 4 is 35.0 Å². The smallest absolute Gasteiger partial charge is 0.325 e. The zero-order valence-electron chi connectivity index (χ0n) is 14.9. The number of nitrogens with zero attached hydrogens (tertiary/aromatic N) is 1. The van der Waals surface area contributed by atoms with Gasteiger partial charge in [0.25, 0.3) is 0 Å². The first-order valence-corrected chi connectivity index (χ1v) is 9.33. The first kappa shape index (κ1) is 17.0. The standard InChI is InChI=1S/C21H16ClN3O3/c1-25-19-16(20(27)24-21(25)28)14(10-6-8-11(22)9-7-10)15-17(23-19)12-4-2-3-5-13(12)18(15)26/h2-9,14,16,19,23H,1H3,(H,24,27,28). The molecule has 3 aliphatic rings. The summed E-state index contributed by atoms with van der Waals surface area (Å²) in [4.78, 5) is 39.8. The summed E-state index contributed by atoms with van der Waals surface area (Å²) in [5.41, 5.74) is 3.46. The third-order valence-corrected chi connectivity index (χ3v) is 6.01. The summed E-state index contributed by atoms with van der Waals surface area (Å²) in [7, 11) is 1.64. The molecule has 2 aliphatic heterocycles. The van der Waals surface area contributed by atoms with Crippen LogP contribution < -0.4 is 10.6 Å². The van der Waals surface area contributed by atoms with Crippen LogP contribution in [0.3, 0.4) is 0 Å². The highest BCUT2D eigenvalue weighted by Crippen LogP contribution is 2.48. The first-order valence-electron chi connectivity index (χ1n) is 8.95. The second kappa shape index (κ2) is 5.94. The van der Waals surface area contributed by atoms with E-state index in [2.05, 4.69) is 10.6 Å². The van der Waals surface area contributed by atoms with Crippen LogP contribution in [0.5, 0.6) is 0 Å². The van der Waals surface area contributed by atoms with Crippen LogP contribution in [0.1, 0.15) is 27.4 Å². The van der Waals surface area contributed by atoms with Gasteiger partial charge in [-0.3, -0.25) is 14.9 Å². The minimum Gasteiger partial charge on any atom is -0.364 e. The molecule has 1 aliphatic carbocycles. The fourth-order valence-corrected chi connectivity index (χ4v) is 4.56. The molecule has 2 aromatic carbocycles. The van der Waals surface area contributed by atoms with E-state index in [-0.39, 0.29) is 5.78 Å². The number of nitrogens with one attached hydrogen (secondary N) is 2. The van der Waals surface area contributed by atoms with E-state index in [1.165, 1.54) is 4.90 Å². The maximum Gasteiger partial charge on any atom is 0.325 e. The molecule has 0 bridgehead atoms. The van der Waals surface area contributed by atoms with Crippen LogP contribution in [-0.4, -0.2) is 35.8 Å². The molecule has 2 heterocycles. The lowest BCUT2D eigenvalue weighted by atomic mass is 9.73. The van der Waals surface area contributed by atoms with Crippen molar-refractivity contribution in [3.63, 3.8) is 0 Å². The predicted molar refractivity (Wildman–Crippen MR) is 104 cm³/mol. The Balaban J connectivity index is 1.74. The van der Waals surface area contributed by atoms with Gasteiger partial charge in [0.05, 0.1) is 11.6 Å². The van der Waals surface area contributed by atoms with Crippen molar-refractivity contribution in [1.82, 2.24) is 15.5 Å². The quantitative estimate of drug-likeness (QED) is 0.781. The number of carbonyl (C=O) groups excluding carboxylic acids is 3. The zero-order chi connectivity index (χ0) is 19.6. The predicted octanol–water partition coefficient (Wildman–Crippen LogP) is 2.76. The fourth-order valence-electron chi connectivity index (χ4n) is 4.43. The fraction of sp³-hybridized carbons (Fsp3) is 0.190. The molecule has 28 heavy (non-hydrogen) atoms. The van der Waals surface area contributed by atoms with Crippen molar-refractivity contribution < 1.29 is 14.4 Å². The second-order valence-corrected chi connectivity index (χ2v) is 7.65. The van der Waals surface area contributed by atoms with Crippen molar-refractivity contribution in [1.29, 1.82) is 0 Å². The molecule has 3 amide bonds. The van der Waals surface area contributed by atoms with Crippen molar-refractivity contribution in [2.45, 2.75) is 12.1 Å². The average Bonchev–Trinajstić information content (AvgIpc) is 2.98. The van der Waals surface area contributed by atoms with E-state index in [1.807, 2.05) is 30.3 Å². The number of imide groups is 1. The van der Waals surface area contributed by atoms with E-state index < -0.39 is 29.9 Å². The number of fused-ring (bicyclic) bond motifs is 3. The number of ketones is 1. The molecule has 6 nitrogen and oxygen atoms in total. The molecule has 0 aromatic heterocycles. The molecule has 0 saturated carbocycles. The second-order valence-electron chi connectivity index (χ2n) is 7.21. The van der Waals surface area contributed by atoms with Gasteiger partial charge in [-0.15, -0.1) is 0 Å². The monoisotopic (exact) mass is 393 g/mol. The Kier molecular flexibility index (Phi) is 3.61. The van der Waals surface area contributed by atoms with Gasteiger partial charge in [-0.2, -0.15) is 0 Å². The minimum atomic E-state index is -0.638. The third kappa shape index (κ3) is 2.24. The topological polar surface area (TPSA) is 78.5 Å². The number of carbonyl (C=O) groups is 3. The lowest BCUT2D eigenvalue weighted by Crippen LogP contribution is -2.66. The SMILES string of the molecule is CN1C(=O)NC(=O)C2C(c3ccc(Cl)cc3)C3=C(NC21)c1ccccc1C3=O. The van der Waals surface area contributed by atoms with E-state index in [4.69, 9.17) is 11.6 Å². The molecule has 2 N–H and O–H groups in total. The Labute approximate surface area is 166 Å².